The van der Waals surface area contributed by atoms with Gasteiger partial charge in [0.05, 0.1) is 11.4 Å². The first kappa shape index (κ1) is 18.2. The third-order valence-electron chi connectivity index (χ3n) is 3.00. The van der Waals surface area contributed by atoms with E-state index in [1.807, 2.05) is 26.8 Å². The van der Waals surface area contributed by atoms with E-state index in [0.717, 1.165) is 11.1 Å². The molecule has 0 aliphatic carbocycles. The molecule has 116 valence electrons. The highest BCUT2D eigenvalue weighted by Crippen LogP contribution is 2.29. The molecule has 0 aliphatic rings. The van der Waals surface area contributed by atoms with Crippen LogP contribution in [-0.4, -0.2) is 32.4 Å². The summed E-state index contributed by atoms with van der Waals surface area (Å²) in [5.41, 5.74) is 1.81. The molecule has 0 atom stereocenters. The molecule has 0 saturated heterocycles. The van der Waals surface area contributed by atoms with Gasteiger partial charge in [0.1, 0.15) is 0 Å². The van der Waals surface area contributed by atoms with Crippen LogP contribution >= 0.6 is 15.9 Å². The summed E-state index contributed by atoms with van der Waals surface area (Å²) in [6.45, 7) is 6.63. The van der Waals surface area contributed by atoms with Gasteiger partial charge in [-0.2, -0.15) is 4.31 Å². The van der Waals surface area contributed by atoms with Crippen LogP contribution < -0.4 is 5.32 Å². The van der Waals surface area contributed by atoms with Crippen LogP contribution in [0.2, 0.25) is 0 Å². The minimum atomic E-state index is -3.60. The summed E-state index contributed by atoms with van der Waals surface area (Å²) in [4.78, 5) is 0.251. The summed E-state index contributed by atoms with van der Waals surface area (Å²) < 4.78 is 26.9. The minimum Gasteiger partial charge on any atom is -0.310 e. The summed E-state index contributed by atoms with van der Waals surface area (Å²) >= 11 is 3.37. The van der Waals surface area contributed by atoms with Gasteiger partial charge in [-0.3, -0.25) is 0 Å². The van der Waals surface area contributed by atoms with Crippen molar-refractivity contribution in [2.75, 3.05) is 13.6 Å². The third-order valence-corrected chi connectivity index (χ3v) is 6.14. The van der Waals surface area contributed by atoms with Gasteiger partial charge in [0, 0.05) is 24.1 Å². The number of aryl methyl sites for hydroxylation is 1. The molecule has 0 heterocycles. The molecule has 1 N–H and O–H groups in total. The lowest BCUT2D eigenvalue weighted by Gasteiger charge is -2.18. The lowest BCUT2D eigenvalue weighted by molar-refractivity contribution is 0.502. The number of nitrogens with one attached hydrogen (secondary N) is 1. The second kappa shape index (κ2) is 7.41. The fourth-order valence-electron chi connectivity index (χ4n) is 1.80. The number of terminal acetylenes is 1. The Morgan fingerprint density at radius 1 is 1.43 bits per heavy atom. The Labute approximate surface area is 136 Å². The second-order valence-electron chi connectivity index (χ2n) is 5.23. The molecule has 0 amide bonds. The maximum Gasteiger partial charge on any atom is 0.244 e. The number of sulfonamides is 1. The molecular weight excluding hydrogens is 352 g/mol. The van der Waals surface area contributed by atoms with Crippen molar-refractivity contribution < 1.29 is 8.42 Å². The molecule has 0 aliphatic heterocycles. The number of benzene rings is 1. The van der Waals surface area contributed by atoms with E-state index >= 15 is 0 Å². The standard InChI is InChI=1S/C15H21BrN2O2S/c1-6-7-18(5)21(19,20)14-9-13(10-17-11(2)3)8-12(4)15(14)16/h1,8-9,11,17H,7,10H2,2-5H3. The molecule has 0 saturated carbocycles. The van der Waals surface area contributed by atoms with Crippen molar-refractivity contribution in [3.8, 4) is 12.3 Å². The van der Waals surface area contributed by atoms with Crippen molar-refractivity contribution >= 4 is 26.0 Å². The third kappa shape index (κ3) is 4.55. The molecule has 1 aromatic carbocycles. The average Bonchev–Trinajstić information content (AvgIpc) is 2.39. The lowest BCUT2D eigenvalue weighted by Crippen LogP contribution is -2.28. The van der Waals surface area contributed by atoms with Gasteiger partial charge in [0.25, 0.3) is 0 Å². The molecular formula is C15H21BrN2O2S. The molecule has 0 fully saturated rings. The fraction of sp³-hybridized carbons (Fsp3) is 0.467. The van der Waals surface area contributed by atoms with Crippen molar-refractivity contribution in [2.45, 2.75) is 38.3 Å². The number of hydrogen-bond acceptors (Lipinski definition) is 3. The van der Waals surface area contributed by atoms with E-state index in [2.05, 4.69) is 27.2 Å². The van der Waals surface area contributed by atoms with Crippen molar-refractivity contribution in [3.63, 3.8) is 0 Å². The summed E-state index contributed by atoms with van der Waals surface area (Å²) in [5, 5.41) is 3.29. The zero-order chi connectivity index (χ0) is 16.2. The van der Waals surface area contributed by atoms with Crippen LogP contribution in [0.4, 0.5) is 0 Å². The fourth-order valence-corrected chi connectivity index (χ4v) is 3.91. The summed E-state index contributed by atoms with van der Waals surface area (Å²) in [5.74, 6) is 2.35. The van der Waals surface area contributed by atoms with Gasteiger partial charge in [-0.25, -0.2) is 8.42 Å². The smallest absolute Gasteiger partial charge is 0.244 e. The SMILES string of the molecule is C#CCN(C)S(=O)(=O)c1cc(CNC(C)C)cc(C)c1Br. The topological polar surface area (TPSA) is 49.4 Å². The highest BCUT2D eigenvalue weighted by atomic mass is 79.9. The Morgan fingerprint density at radius 2 is 2.05 bits per heavy atom. The number of rotatable bonds is 6. The molecule has 0 unspecified atom stereocenters. The Balaban J connectivity index is 3.26. The van der Waals surface area contributed by atoms with Crippen molar-refractivity contribution in [1.29, 1.82) is 0 Å². The van der Waals surface area contributed by atoms with E-state index in [-0.39, 0.29) is 11.4 Å². The molecule has 0 radical (unpaired) electrons. The zero-order valence-corrected chi connectivity index (χ0v) is 15.2. The predicted molar refractivity (Wildman–Crippen MR) is 89.5 cm³/mol. The van der Waals surface area contributed by atoms with Crippen LogP contribution in [0.25, 0.3) is 0 Å². The molecule has 1 aromatic rings. The first-order valence-electron chi connectivity index (χ1n) is 6.62. The first-order chi connectivity index (χ1) is 9.70. The minimum absolute atomic E-state index is 0.0439. The second-order valence-corrected chi connectivity index (χ2v) is 8.03. The zero-order valence-electron chi connectivity index (χ0n) is 12.8. The normalized spacial score (nSPS) is 11.9. The van der Waals surface area contributed by atoms with Crippen LogP contribution in [0, 0.1) is 19.3 Å². The average molecular weight is 373 g/mol. The van der Waals surface area contributed by atoms with E-state index < -0.39 is 10.0 Å². The lowest BCUT2D eigenvalue weighted by atomic mass is 10.1. The number of hydrogen-bond donors (Lipinski definition) is 1. The van der Waals surface area contributed by atoms with Gasteiger partial charge < -0.3 is 5.32 Å². The van der Waals surface area contributed by atoms with E-state index in [1.165, 1.54) is 11.4 Å². The van der Waals surface area contributed by atoms with E-state index in [4.69, 9.17) is 6.42 Å². The Kier molecular flexibility index (Phi) is 6.41. The van der Waals surface area contributed by atoms with E-state index in [1.54, 1.807) is 6.07 Å². The van der Waals surface area contributed by atoms with Crippen LogP contribution in [-0.2, 0) is 16.6 Å². The van der Waals surface area contributed by atoms with Gasteiger partial charge in [0.15, 0.2) is 0 Å². The highest BCUT2D eigenvalue weighted by molar-refractivity contribution is 9.10. The van der Waals surface area contributed by atoms with Gasteiger partial charge in [-0.1, -0.05) is 25.8 Å². The molecule has 1 rings (SSSR count). The molecule has 4 nitrogen and oxygen atoms in total. The van der Waals surface area contributed by atoms with Crippen LogP contribution in [0.1, 0.15) is 25.0 Å². The maximum absolute atomic E-state index is 12.6. The van der Waals surface area contributed by atoms with Crippen molar-refractivity contribution in [2.24, 2.45) is 0 Å². The first-order valence-corrected chi connectivity index (χ1v) is 8.85. The maximum atomic E-state index is 12.6. The summed E-state index contributed by atoms with van der Waals surface area (Å²) in [7, 11) is -2.12. The Morgan fingerprint density at radius 3 is 2.57 bits per heavy atom. The predicted octanol–water partition coefficient (Wildman–Crippen LogP) is 2.51. The largest absolute Gasteiger partial charge is 0.310 e. The molecule has 21 heavy (non-hydrogen) atoms. The van der Waals surface area contributed by atoms with Gasteiger partial charge in [-0.05, 0) is 40.0 Å². The molecule has 0 bridgehead atoms. The summed E-state index contributed by atoms with van der Waals surface area (Å²) in [6, 6.07) is 3.99. The molecule has 0 aromatic heterocycles. The quantitative estimate of drug-likeness (QED) is 0.780. The van der Waals surface area contributed by atoms with Gasteiger partial charge >= 0.3 is 0 Å². The van der Waals surface area contributed by atoms with Gasteiger partial charge in [0.2, 0.25) is 10.0 Å². The molecule has 6 heteroatoms. The monoisotopic (exact) mass is 372 g/mol. The highest BCUT2D eigenvalue weighted by Gasteiger charge is 2.24. The Bertz CT molecular complexity index is 648. The van der Waals surface area contributed by atoms with Crippen LogP contribution in [0.3, 0.4) is 0 Å². The van der Waals surface area contributed by atoms with Crippen molar-refractivity contribution in [1.82, 2.24) is 9.62 Å². The molecule has 0 spiro atoms. The Hall–Kier alpha value is -0.870. The van der Waals surface area contributed by atoms with Gasteiger partial charge in [-0.15, -0.1) is 6.42 Å². The van der Waals surface area contributed by atoms with E-state index in [9.17, 15) is 8.42 Å². The number of halogens is 1. The van der Waals surface area contributed by atoms with Crippen LogP contribution in [0.5, 0.6) is 0 Å². The summed E-state index contributed by atoms with van der Waals surface area (Å²) in [6.07, 6.45) is 5.21. The van der Waals surface area contributed by atoms with Crippen LogP contribution in [0.15, 0.2) is 21.5 Å². The number of nitrogens with zero attached hydrogens (tertiary/aromatic N) is 1. The van der Waals surface area contributed by atoms with E-state index in [0.29, 0.717) is 17.1 Å². The van der Waals surface area contributed by atoms with Crippen molar-refractivity contribution in [3.05, 3.63) is 27.7 Å².